The number of hydrogen-bond acceptors (Lipinski definition) is 6. The highest BCUT2D eigenvalue weighted by atomic mass is 32.2. The first-order valence-electron chi connectivity index (χ1n) is 8.67. The van der Waals surface area contributed by atoms with Gasteiger partial charge in [0, 0.05) is 5.69 Å². The molecule has 7 heteroatoms. The van der Waals surface area contributed by atoms with Crippen molar-refractivity contribution < 1.29 is 4.79 Å². The van der Waals surface area contributed by atoms with E-state index in [0.29, 0.717) is 5.75 Å². The molecule has 140 valence electrons. The number of carbonyl (C=O) groups excluding carboxylic acids is 1. The monoisotopic (exact) mass is 398 g/mol. The van der Waals surface area contributed by atoms with Gasteiger partial charge in [0.05, 0.1) is 11.8 Å². The predicted octanol–water partition coefficient (Wildman–Crippen LogP) is 4.87. The van der Waals surface area contributed by atoms with Crippen molar-refractivity contribution in [3.05, 3.63) is 65.2 Å². The fourth-order valence-corrected chi connectivity index (χ4v) is 4.13. The minimum atomic E-state index is -0.0183. The van der Waals surface area contributed by atoms with Crippen LogP contribution in [0.2, 0.25) is 0 Å². The summed E-state index contributed by atoms with van der Waals surface area (Å²) >= 11 is 2.85. The summed E-state index contributed by atoms with van der Waals surface area (Å²) in [7, 11) is 0. The maximum Gasteiger partial charge on any atom is 0.230 e. The summed E-state index contributed by atoms with van der Waals surface area (Å²) in [6.07, 6.45) is 0. The topological polar surface area (TPSA) is 66.9 Å². The average molecular weight is 399 g/mol. The highest BCUT2D eigenvalue weighted by molar-refractivity contribution is 8.01. The number of nitrogens with zero attached hydrogens (tertiary/aromatic N) is 2. The van der Waals surface area contributed by atoms with E-state index >= 15 is 0 Å². The molecular formula is C20H22N4OS2. The first-order valence-corrected chi connectivity index (χ1v) is 10.5. The molecule has 2 N–H and O–H groups in total. The Hall–Kier alpha value is -2.38. The van der Waals surface area contributed by atoms with Gasteiger partial charge in [-0.2, -0.15) is 0 Å². The van der Waals surface area contributed by atoms with Gasteiger partial charge in [0.1, 0.15) is 0 Å². The Bertz CT molecular complexity index is 911. The minimum Gasteiger partial charge on any atom is -0.349 e. The lowest BCUT2D eigenvalue weighted by Gasteiger charge is -2.13. The fraction of sp³-hybridized carbons (Fsp3) is 0.250. The summed E-state index contributed by atoms with van der Waals surface area (Å²) in [5.74, 6) is 0.297. The van der Waals surface area contributed by atoms with Gasteiger partial charge >= 0.3 is 0 Å². The molecule has 2 aromatic carbocycles. The molecule has 0 unspecified atom stereocenters. The minimum absolute atomic E-state index is 0.0180. The van der Waals surface area contributed by atoms with Crippen molar-refractivity contribution in [2.75, 3.05) is 11.1 Å². The van der Waals surface area contributed by atoms with E-state index in [1.165, 1.54) is 34.2 Å². The fourth-order valence-electron chi connectivity index (χ4n) is 2.56. The summed E-state index contributed by atoms with van der Waals surface area (Å²) in [5.41, 5.74) is 4.53. The lowest BCUT2D eigenvalue weighted by Crippen LogP contribution is -2.28. The van der Waals surface area contributed by atoms with Gasteiger partial charge in [-0.25, -0.2) is 0 Å². The van der Waals surface area contributed by atoms with Crippen LogP contribution in [0.15, 0.2) is 52.9 Å². The van der Waals surface area contributed by atoms with Gasteiger partial charge in [0.25, 0.3) is 0 Å². The molecule has 3 rings (SSSR count). The van der Waals surface area contributed by atoms with E-state index in [2.05, 4.69) is 40.7 Å². The molecule has 0 radical (unpaired) electrons. The third-order valence-electron chi connectivity index (χ3n) is 4.26. The van der Waals surface area contributed by atoms with E-state index in [9.17, 15) is 4.79 Å². The zero-order valence-corrected chi connectivity index (χ0v) is 17.2. The van der Waals surface area contributed by atoms with Crippen molar-refractivity contribution in [1.29, 1.82) is 0 Å². The molecule has 1 atom stereocenters. The zero-order valence-electron chi connectivity index (χ0n) is 15.5. The standard InChI is InChI=1S/C20H22N4OS2/c1-13-8-7-11-17(14(13)2)22-19-23-24-20(27-19)26-12-18(25)21-15(3)16-9-5-4-6-10-16/h4-11,15H,12H2,1-3H3,(H,21,25)(H,22,23)/t15-/m0/s1. The van der Waals surface area contributed by atoms with Gasteiger partial charge in [0.2, 0.25) is 11.0 Å². The van der Waals surface area contributed by atoms with Crippen LogP contribution in [-0.2, 0) is 4.79 Å². The number of rotatable bonds is 7. The Balaban J connectivity index is 1.52. The quantitative estimate of drug-likeness (QED) is 0.556. The molecule has 1 amide bonds. The number of nitrogens with one attached hydrogen (secondary N) is 2. The summed E-state index contributed by atoms with van der Waals surface area (Å²) in [6, 6.07) is 16.0. The second-order valence-electron chi connectivity index (χ2n) is 6.23. The highest BCUT2D eigenvalue weighted by Crippen LogP contribution is 2.29. The smallest absolute Gasteiger partial charge is 0.230 e. The van der Waals surface area contributed by atoms with Crippen LogP contribution in [0.3, 0.4) is 0 Å². The van der Waals surface area contributed by atoms with Crippen molar-refractivity contribution in [3.8, 4) is 0 Å². The number of aryl methyl sites for hydroxylation is 1. The van der Waals surface area contributed by atoms with Gasteiger partial charge in [0.15, 0.2) is 4.34 Å². The van der Waals surface area contributed by atoms with Crippen molar-refractivity contribution in [2.24, 2.45) is 0 Å². The van der Waals surface area contributed by atoms with Crippen molar-refractivity contribution in [2.45, 2.75) is 31.2 Å². The second-order valence-corrected chi connectivity index (χ2v) is 8.43. The number of thioether (sulfide) groups is 1. The van der Waals surface area contributed by atoms with E-state index in [4.69, 9.17) is 0 Å². The highest BCUT2D eigenvalue weighted by Gasteiger charge is 2.12. The lowest BCUT2D eigenvalue weighted by molar-refractivity contribution is -0.119. The summed E-state index contributed by atoms with van der Waals surface area (Å²) in [6.45, 7) is 6.14. The van der Waals surface area contributed by atoms with Crippen LogP contribution >= 0.6 is 23.1 Å². The maximum atomic E-state index is 12.2. The van der Waals surface area contributed by atoms with Crippen LogP contribution in [0.1, 0.15) is 29.7 Å². The van der Waals surface area contributed by atoms with Gasteiger partial charge in [-0.05, 0) is 43.5 Å². The van der Waals surface area contributed by atoms with Crippen LogP contribution in [0.5, 0.6) is 0 Å². The molecule has 1 aromatic heterocycles. The molecule has 0 fully saturated rings. The van der Waals surface area contributed by atoms with Crippen molar-refractivity contribution in [3.63, 3.8) is 0 Å². The summed E-state index contributed by atoms with van der Waals surface area (Å²) in [5, 5.41) is 15.4. The van der Waals surface area contributed by atoms with Crippen LogP contribution < -0.4 is 10.6 Å². The third-order valence-corrected chi connectivity index (χ3v) is 6.23. The number of hydrogen-bond donors (Lipinski definition) is 2. The van der Waals surface area contributed by atoms with E-state index in [1.54, 1.807) is 0 Å². The Morgan fingerprint density at radius 2 is 1.89 bits per heavy atom. The van der Waals surface area contributed by atoms with E-state index in [0.717, 1.165) is 20.7 Å². The van der Waals surface area contributed by atoms with Gasteiger partial charge in [-0.15, -0.1) is 10.2 Å². The Kier molecular flexibility index (Phi) is 6.47. The Labute approximate surface area is 167 Å². The molecule has 27 heavy (non-hydrogen) atoms. The number of anilines is 2. The average Bonchev–Trinajstić information content (AvgIpc) is 3.12. The molecule has 1 heterocycles. The first kappa shape index (κ1) is 19.4. The van der Waals surface area contributed by atoms with E-state index < -0.39 is 0 Å². The van der Waals surface area contributed by atoms with Gasteiger partial charge < -0.3 is 10.6 Å². The lowest BCUT2D eigenvalue weighted by atomic mass is 10.1. The number of amides is 1. The van der Waals surface area contributed by atoms with Crippen LogP contribution in [0.4, 0.5) is 10.8 Å². The first-order chi connectivity index (χ1) is 13.0. The van der Waals surface area contributed by atoms with Gasteiger partial charge in [-0.1, -0.05) is 65.6 Å². The number of carbonyl (C=O) groups is 1. The SMILES string of the molecule is Cc1cccc(Nc2nnc(SCC(=O)N[C@@H](C)c3ccccc3)s2)c1C. The summed E-state index contributed by atoms with van der Waals surface area (Å²) < 4.78 is 0.769. The molecule has 0 aliphatic carbocycles. The Morgan fingerprint density at radius 3 is 2.67 bits per heavy atom. The number of benzene rings is 2. The molecule has 3 aromatic rings. The molecule has 0 aliphatic rings. The van der Waals surface area contributed by atoms with Gasteiger partial charge in [-0.3, -0.25) is 4.79 Å². The largest absolute Gasteiger partial charge is 0.349 e. The molecule has 0 aliphatic heterocycles. The zero-order chi connectivity index (χ0) is 19.2. The second kappa shape index (κ2) is 9.01. The maximum absolute atomic E-state index is 12.2. The molecule has 0 saturated heterocycles. The normalized spacial score (nSPS) is 11.8. The van der Waals surface area contributed by atoms with Crippen molar-refractivity contribution in [1.82, 2.24) is 15.5 Å². The number of aromatic nitrogens is 2. The predicted molar refractivity (Wildman–Crippen MR) is 113 cm³/mol. The third kappa shape index (κ3) is 5.30. The molecule has 0 bridgehead atoms. The summed E-state index contributed by atoms with van der Waals surface area (Å²) in [4.78, 5) is 12.2. The van der Waals surface area contributed by atoms with Crippen LogP contribution in [0.25, 0.3) is 0 Å². The van der Waals surface area contributed by atoms with E-state index in [-0.39, 0.29) is 11.9 Å². The molecule has 5 nitrogen and oxygen atoms in total. The molecular weight excluding hydrogens is 376 g/mol. The van der Waals surface area contributed by atoms with Crippen LogP contribution in [-0.4, -0.2) is 21.9 Å². The van der Waals surface area contributed by atoms with Crippen LogP contribution in [0, 0.1) is 13.8 Å². The molecule has 0 saturated carbocycles. The van der Waals surface area contributed by atoms with E-state index in [1.807, 2.05) is 49.4 Å². The Morgan fingerprint density at radius 1 is 1.11 bits per heavy atom. The molecule has 0 spiro atoms. The van der Waals surface area contributed by atoms with Crippen molar-refractivity contribution >= 4 is 39.8 Å².